The summed E-state index contributed by atoms with van der Waals surface area (Å²) in [4.78, 5) is 29.1. The van der Waals surface area contributed by atoms with Crippen LogP contribution in [0.3, 0.4) is 0 Å². The van der Waals surface area contributed by atoms with Crippen LogP contribution in [0.25, 0.3) is 17.4 Å². The molecule has 0 bridgehead atoms. The zero-order valence-corrected chi connectivity index (χ0v) is 15.6. The highest BCUT2D eigenvalue weighted by Crippen LogP contribution is 2.33. The van der Waals surface area contributed by atoms with Gasteiger partial charge in [-0.25, -0.2) is 0 Å². The van der Waals surface area contributed by atoms with E-state index >= 15 is 0 Å². The molecule has 2 aromatic rings. The van der Waals surface area contributed by atoms with Gasteiger partial charge in [0.2, 0.25) is 0 Å². The molecule has 3 heterocycles. The van der Waals surface area contributed by atoms with Gasteiger partial charge in [0.25, 0.3) is 5.91 Å². The van der Waals surface area contributed by atoms with E-state index in [1.54, 1.807) is 18.3 Å². The first-order valence-electron chi connectivity index (χ1n) is 8.00. The van der Waals surface area contributed by atoms with Crippen LogP contribution in [0.15, 0.2) is 39.8 Å². The summed E-state index contributed by atoms with van der Waals surface area (Å²) in [6.45, 7) is 2.11. The van der Waals surface area contributed by atoms with Crippen LogP contribution in [0.5, 0.6) is 0 Å². The standard InChI is InChI=1S/C18H16N2O4S2/c1-2-12-4-3-11(10-19-12)14-6-5-13(24-14)9-15-17(23)20(18(25)26-15)8-7-16(21)22/h3-6,9-10H,2,7-8H2,1H3,(H,21,22)/b15-9+. The summed E-state index contributed by atoms with van der Waals surface area (Å²) in [6.07, 6.45) is 4.10. The fourth-order valence-corrected chi connectivity index (χ4v) is 3.68. The third-order valence-electron chi connectivity index (χ3n) is 3.79. The number of aromatic nitrogens is 1. The Balaban J connectivity index is 1.76. The molecule has 2 aromatic heterocycles. The maximum atomic E-state index is 12.4. The number of pyridine rings is 1. The topological polar surface area (TPSA) is 83.6 Å². The molecule has 1 fully saturated rings. The lowest BCUT2D eigenvalue weighted by atomic mass is 10.2. The molecule has 1 N–H and O–H groups in total. The van der Waals surface area contributed by atoms with Crippen molar-refractivity contribution in [2.24, 2.45) is 0 Å². The van der Waals surface area contributed by atoms with Crippen molar-refractivity contribution in [2.75, 3.05) is 6.54 Å². The fraction of sp³-hybridized carbons (Fsp3) is 0.222. The van der Waals surface area contributed by atoms with Crippen molar-refractivity contribution >= 4 is 46.3 Å². The van der Waals surface area contributed by atoms with Crippen molar-refractivity contribution in [3.8, 4) is 11.3 Å². The predicted octanol–water partition coefficient (Wildman–Crippen LogP) is 3.58. The third-order valence-corrected chi connectivity index (χ3v) is 5.17. The van der Waals surface area contributed by atoms with E-state index in [9.17, 15) is 9.59 Å². The van der Waals surface area contributed by atoms with Gasteiger partial charge in [-0.1, -0.05) is 30.9 Å². The van der Waals surface area contributed by atoms with E-state index in [2.05, 4.69) is 4.98 Å². The number of carbonyl (C=O) groups excluding carboxylic acids is 1. The Morgan fingerprint density at radius 2 is 2.19 bits per heavy atom. The molecule has 1 aliphatic heterocycles. The number of carboxylic acids is 1. The molecule has 26 heavy (non-hydrogen) atoms. The molecule has 1 saturated heterocycles. The summed E-state index contributed by atoms with van der Waals surface area (Å²) >= 11 is 6.31. The van der Waals surface area contributed by atoms with Crippen LogP contribution in [0.4, 0.5) is 0 Å². The van der Waals surface area contributed by atoms with Gasteiger partial charge in [-0.3, -0.25) is 19.5 Å². The minimum atomic E-state index is -0.971. The highest BCUT2D eigenvalue weighted by atomic mass is 32.2. The van der Waals surface area contributed by atoms with E-state index in [1.165, 1.54) is 4.90 Å². The summed E-state index contributed by atoms with van der Waals surface area (Å²) in [5.41, 5.74) is 1.86. The van der Waals surface area contributed by atoms with E-state index in [-0.39, 0.29) is 18.9 Å². The number of hydrogen-bond acceptors (Lipinski definition) is 6. The lowest BCUT2D eigenvalue weighted by Gasteiger charge is -2.12. The lowest BCUT2D eigenvalue weighted by Crippen LogP contribution is -2.30. The summed E-state index contributed by atoms with van der Waals surface area (Å²) in [7, 11) is 0. The number of nitrogens with zero attached hydrogens (tertiary/aromatic N) is 2. The van der Waals surface area contributed by atoms with E-state index < -0.39 is 5.97 Å². The molecule has 1 aliphatic rings. The van der Waals surface area contributed by atoms with Crippen molar-refractivity contribution in [3.63, 3.8) is 0 Å². The zero-order chi connectivity index (χ0) is 18.7. The normalized spacial score (nSPS) is 15.9. The Bertz CT molecular complexity index is 887. The Hall–Kier alpha value is -2.45. The van der Waals surface area contributed by atoms with Crippen molar-refractivity contribution in [1.29, 1.82) is 0 Å². The van der Waals surface area contributed by atoms with E-state index in [4.69, 9.17) is 21.7 Å². The average molecular weight is 388 g/mol. The summed E-state index contributed by atoms with van der Waals surface area (Å²) in [5.74, 6) is -0.0827. The first-order chi connectivity index (χ1) is 12.5. The number of carbonyl (C=O) groups is 2. The molecule has 0 aliphatic carbocycles. The monoisotopic (exact) mass is 388 g/mol. The van der Waals surface area contributed by atoms with Crippen molar-refractivity contribution in [3.05, 3.63) is 46.8 Å². The summed E-state index contributed by atoms with van der Waals surface area (Å²) in [5, 5.41) is 8.77. The van der Waals surface area contributed by atoms with Gasteiger partial charge >= 0.3 is 5.97 Å². The number of aliphatic carboxylic acids is 1. The highest BCUT2D eigenvalue weighted by Gasteiger charge is 2.32. The van der Waals surface area contributed by atoms with E-state index in [1.807, 2.05) is 25.1 Å². The van der Waals surface area contributed by atoms with E-state index in [0.717, 1.165) is 29.4 Å². The Labute approximate surface area is 159 Å². The molecule has 0 atom stereocenters. The van der Waals surface area contributed by atoms with Crippen LogP contribution < -0.4 is 0 Å². The lowest BCUT2D eigenvalue weighted by molar-refractivity contribution is -0.137. The zero-order valence-electron chi connectivity index (χ0n) is 14.0. The smallest absolute Gasteiger partial charge is 0.305 e. The van der Waals surface area contributed by atoms with Gasteiger partial charge in [0.05, 0.1) is 11.3 Å². The van der Waals surface area contributed by atoms with Gasteiger partial charge in [0.15, 0.2) is 0 Å². The van der Waals surface area contributed by atoms with Crippen molar-refractivity contribution in [1.82, 2.24) is 9.88 Å². The summed E-state index contributed by atoms with van der Waals surface area (Å²) in [6, 6.07) is 7.48. The maximum absolute atomic E-state index is 12.4. The van der Waals surface area contributed by atoms with Gasteiger partial charge in [-0.2, -0.15) is 0 Å². The maximum Gasteiger partial charge on any atom is 0.305 e. The van der Waals surface area contributed by atoms with Crippen LogP contribution >= 0.6 is 24.0 Å². The van der Waals surface area contributed by atoms with Gasteiger partial charge in [0, 0.05) is 30.1 Å². The van der Waals surface area contributed by atoms with Crippen molar-refractivity contribution in [2.45, 2.75) is 19.8 Å². The summed E-state index contributed by atoms with van der Waals surface area (Å²) < 4.78 is 6.14. The molecule has 0 aromatic carbocycles. The first-order valence-corrected chi connectivity index (χ1v) is 9.22. The number of aryl methyl sites for hydroxylation is 1. The highest BCUT2D eigenvalue weighted by molar-refractivity contribution is 8.26. The second-order valence-corrected chi connectivity index (χ2v) is 7.25. The number of carboxylic acid groups (broad SMARTS) is 1. The third kappa shape index (κ3) is 4.03. The van der Waals surface area contributed by atoms with Crippen LogP contribution in [0.2, 0.25) is 0 Å². The molecule has 0 unspecified atom stereocenters. The Morgan fingerprint density at radius 1 is 1.38 bits per heavy atom. The molecule has 1 amide bonds. The SMILES string of the molecule is CCc1ccc(-c2ccc(/C=C3/SC(=S)N(CCC(=O)O)C3=O)o2)cn1. The van der Waals surface area contributed by atoms with Gasteiger partial charge < -0.3 is 9.52 Å². The van der Waals surface area contributed by atoms with Gasteiger partial charge in [0.1, 0.15) is 15.8 Å². The number of rotatable bonds is 6. The predicted molar refractivity (Wildman–Crippen MR) is 103 cm³/mol. The second kappa shape index (κ2) is 7.84. The molecular formula is C18H16N2O4S2. The van der Waals surface area contributed by atoms with Crippen LogP contribution in [0, 0.1) is 0 Å². The van der Waals surface area contributed by atoms with Crippen LogP contribution in [0.1, 0.15) is 24.8 Å². The Morgan fingerprint density at radius 3 is 2.85 bits per heavy atom. The van der Waals surface area contributed by atoms with Crippen LogP contribution in [-0.4, -0.2) is 37.7 Å². The fourth-order valence-electron chi connectivity index (χ4n) is 2.39. The van der Waals surface area contributed by atoms with Crippen LogP contribution in [-0.2, 0) is 16.0 Å². The molecular weight excluding hydrogens is 372 g/mol. The quantitative estimate of drug-likeness (QED) is 0.598. The number of thioether (sulfide) groups is 1. The number of furan rings is 1. The second-order valence-electron chi connectivity index (χ2n) is 5.57. The Kier molecular flexibility index (Phi) is 5.53. The molecule has 0 spiro atoms. The number of thiocarbonyl (C=S) groups is 1. The largest absolute Gasteiger partial charge is 0.481 e. The average Bonchev–Trinajstić information content (AvgIpc) is 3.19. The minimum absolute atomic E-state index is 0.0657. The molecule has 134 valence electrons. The minimum Gasteiger partial charge on any atom is -0.481 e. The van der Waals surface area contributed by atoms with Gasteiger partial charge in [-0.15, -0.1) is 0 Å². The molecule has 8 heteroatoms. The number of hydrogen-bond donors (Lipinski definition) is 1. The first kappa shape index (κ1) is 18.3. The van der Waals surface area contributed by atoms with Crippen molar-refractivity contribution < 1.29 is 19.1 Å². The molecule has 0 saturated carbocycles. The molecule has 3 rings (SSSR count). The molecule has 0 radical (unpaired) electrons. The van der Waals surface area contributed by atoms with Gasteiger partial charge in [-0.05, 0) is 30.7 Å². The van der Waals surface area contributed by atoms with E-state index in [0.29, 0.717) is 20.7 Å². The number of amides is 1. The molecule has 6 nitrogen and oxygen atoms in total.